The van der Waals surface area contributed by atoms with Gasteiger partial charge in [0.2, 0.25) is 0 Å². The summed E-state index contributed by atoms with van der Waals surface area (Å²) < 4.78 is 1.18. The zero-order chi connectivity index (χ0) is 10.6. The molecule has 4 heteroatoms. The fourth-order valence-corrected chi connectivity index (χ4v) is 4.58. The molecule has 0 N–H and O–H groups in total. The van der Waals surface area contributed by atoms with Crippen LogP contribution in [0.4, 0.5) is 0 Å². The Labute approximate surface area is 103 Å². The lowest BCUT2D eigenvalue weighted by Gasteiger charge is -2.28. The monoisotopic (exact) mass is 293 g/mol. The van der Waals surface area contributed by atoms with E-state index in [0.29, 0.717) is 11.3 Å². The summed E-state index contributed by atoms with van der Waals surface area (Å²) in [6.45, 7) is 6.88. The Morgan fingerprint density at radius 3 is 2.71 bits per heavy atom. The van der Waals surface area contributed by atoms with Gasteiger partial charge >= 0.3 is 0 Å². The van der Waals surface area contributed by atoms with Crippen molar-refractivity contribution in [3.63, 3.8) is 0 Å². The summed E-state index contributed by atoms with van der Waals surface area (Å²) in [6, 6.07) is 0. The number of alkyl halides is 1. The van der Waals surface area contributed by atoms with Crippen molar-refractivity contribution in [3.05, 3.63) is 11.6 Å². The third-order valence-electron chi connectivity index (χ3n) is 2.23. The van der Waals surface area contributed by atoms with Crippen molar-refractivity contribution in [1.82, 2.24) is 4.98 Å². The van der Waals surface area contributed by atoms with Crippen LogP contribution in [0.2, 0.25) is 0 Å². The van der Waals surface area contributed by atoms with Crippen molar-refractivity contribution >= 4 is 39.0 Å². The molecule has 0 bridgehead atoms. The summed E-state index contributed by atoms with van der Waals surface area (Å²) in [7, 11) is 0. The molecular weight excluding hydrogens is 278 g/mol. The first-order chi connectivity index (χ1) is 6.54. The van der Waals surface area contributed by atoms with Crippen LogP contribution in [0.5, 0.6) is 0 Å². The van der Waals surface area contributed by atoms with Crippen molar-refractivity contribution in [1.29, 1.82) is 0 Å². The second-order valence-corrected chi connectivity index (χ2v) is 7.14. The first kappa shape index (κ1) is 12.5. The lowest BCUT2D eigenvalue weighted by Crippen LogP contribution is -2.23. The van der Waals surface area contributed by atoms with Gasteiger partial charge in [-0.25, -0.2) is 4.98 Å². The van der Waals surface area contributed by atoms with Crippen LogP contribution in [-0.2, 0) is 0 Å². The fourth-order valence-electron chi connectivity index (χ4n) is 0.980. The molecule has 0 aromatic carbocycles. The number of thiazole rings is 1. The van der Waals surface area contributed by atoms with E-state index < -0.39 is 0 Å². The van der Waals surface area contributed by atoms with Crippen molar-refractivity contribution in [3.8, 4) is 0 Å². The third-order valence-corrected chi connectivity index (χ3v) is 5.14. The van der Waals surface area contributed by atoms with E-state index >= 15 is 0 Å². The zero-order valence-electron chi connectivity index (χ0n) is 8.79. The van der Waals surface area contributed by atoms with E-state index in [1.807, 2.05) is 23.3 Å². The van der Waals surface area contributed by atoms with Crippen LogP contribution in [0, 0.1) is 11.3 Å². The second-order valence-electron chi connectivity index (χ2n) is 4.33. The topological polar surface area (TPSA) is 12.9 Å². The summed E-state index contributed by atoms with van der Waals surface area (Å²) in [5.41, 5.74) is 0.369. The highest BCUT2D eigenvalue weighted by molar-refractivity contribution is 9.09. The minimum absolute atomic E-state index is 0.369. The maximum Gasteiger partial charge on any atom is 0.149 e. The molecule has 0 aliphatic rings. The van der Waals surface area contributed by atoms with Gasteiger partial charge in [-0.05, 0) is 11.3 Å². The van der Waals surface area contributed by atoms with Crippen LogP contribution in [0.3, 0.4) is 0 Å². The molecule has 0 radical (unpaired) electrons. The van der Waals surface area contributed by atoms with E-state index in [1.54, 1.807) is 11.3 Å². The van der Waals surface area contributed by atoms with Gasteiger partial charge < -0.3 is 0 Å². The molecule has 1 rings (SSSR count). The van der Waals surface area contributed by atoms with Gasteiger partial charge in [0.25, 0.3) is 0 Å². The third kappa shape index (κ3) is 3.91. The van der Waals surface area contributed by atoms with E-state index in [9.17, 15) is 0 Å². The van der Waals surface area contributed by atoms with E-state index in [1.165, 1.54) is 4.34 Å². The lowest BCUT2D eigenvalue weighted by molar-refractivity contribution is 0.295. The molecule has 0 amide bonds. The normalized spacial score (nSPS) is 14.3. The standard InChI is InChI=1S/C10H16BrNS2/c1-10(2,3)8(6-11)7-14-9-12-4-5-13-9/h4-5,8H,6-7H2,1-3H3. The van der Waals surface area contributed by atoms with Crippen LogP contribution in [0.25, 0.3) is 0 Å². The highest BCUT2D eigenvalue weighted by Gasteiger charge is 2.23. The van der Waals surface area contributed by atoms with Gasteiger partial charge in [0.15, 0.2) is 0 Å². The van der Waals surface area contributed by atoms with Crippen molar-refractivity contribution < 1.29 is 0 Å². The van der Waals surface area contributed by atoms with Gasteiger partial charge in [-0.15, -0.1) is 11.3 Å². The molecule has 14 heavy (non-hydrogen) atoms. The summed E-state index contributed by atoms with van der Waals surface area (Å²) in [5.74, 6) is 1.83. The quantitative estimate of drug-likeness (QED) is 0.607. The molecule has 0 saturated carbocycles. The van der Waals surface area contributed by atoms with Crippen molar-refractivity contribution in [2.24, 2.45) is 11.3 Å². The number of thioether (sulfide) groups is 1. The maximum absolute atomic E-state index is 4.27. The van der Waals surface area contributed by atoms with Gasteiger partial charge in [-0.3, -0.25) is 0 Å². The average molecular weight is 294 g/mol. The van der Waals surface area contributed by atoms with Crippen LogP contribution < -0.4 is 0 Å². The van der Waals surface area contributed by atoms with E-state index in [0.717, 1.165) is 11.1 Å². The van der Waals surface area contributed by atoms with Crippen LogP contribution >= 0.6 is 39.0 Å². The molecule has 0 fully saturated rings. The molecular formula is C10H16BrNS2. The number of hydrogen-bond donors (Lipinski definition) is 0. The first-order valence-corrected chi connectivity index (χ1v) is 7.61. The highest BCUT2D eigenvalue weighted by Crippen LogP contribution is 2.33. The SMILES string of the molecule is CC(C)(C)C(CBr)CSc1nccs1. The lowest BCUT2D eigenvalue weighted by atomic mass is 9.83. The molecule has 0 saturated heterocycles. The Balaban J connectivity index is 2.43. The predicted octanol–water partition coefficient (Wildman–Crippen LogP) is 4.29. The molecule has 1 atom stereocenters. The molecule has 0 spiro atoms. The van der Waals surface area contributed by atoms with E-state index in [-0.39, 0.29) is 0 Å². The average Bonchev–Trinajstić information content (AvgIpc) is 2.55. The summed E-state index contributed by atoms with van der Waals surface area (Å²) in [6.07, 6.45) is 1.87. The maximum atomic E-state index is 4.27. The van der Waals surface area contributed by atoms with E-state index in [2.05, 4.69) is 41.7 Å². The Hall–Kier alpha value is 0.460. The molecule has 1 aromatic heterocycles. The number of nitrogens with zero attached hydrogens (tertiary/aromatic N) is 1. The minimum Gasteiger partial charge on any atom is -0.238 e. The Bertz CT molecular complexity index is 254. The Kier molecular flexibility index (Phi) is 4.94. The molecule has 1 heterocycles. The molecule has 0 aliphatic carbocycles. The second kappa shape index (κ2) is 5.52. The van der Waals surface area contributed by atoms with Crippen LogP contribution in [0.1, 0.15) is 20.8 Å². The molecule has 1 unspecified atom stereocenters. The van der Waals surface area contributed by atoms with Crippen LogP contribution in [0.15, 0.2) is 15.9 Å². The summed E-state index contributed by atoms with van der Waals surface area (Å²) >= 11 is 7.17. The van der Waals surface area contributed by atoms with Gasteiger partial charge in [0.05, 0.1) is 0 Å². The zero-order valence-corrected chi connectivity index (χ0v) is 12.0. The van der Waals surface area contributed by atoms with Crippen LogP contribution in [-0.4, -0.2) is 16.1 Å². The van der Waals surface area contributed by atoms with Gasteiger partial charge in [0.1, 0.15) is 4.34 Å². The van der Waals surface area contributed by atoms with Gasteiger partial charge in [-0.2, -0.15) is 0 Å². The molecule has 1 nitrogen and oxygen atoms in total. The largest absolute Gasteiger partial charge is 0.238 e. The fraction of sp³-hybridized carbons (Fsp3) is 0.700. The number of aromatic nitrogens is 1. The number of halogens is 1. The number of hydrogen-bond acceptors (Lipinski definition) is 3. The van der Waals surface area contributed by atoms with Gasteiger partial charge in [-0.1, -0.05) is 48.5 Å². The molecule has 80 valence electrons. The van der Waals surface area contributed by atoms with Gasteiger partial charge in [0, 0.05) is 22.7 Å². The van der Waals surface area contributed by atoms with E-state index in [4.69, 9.17) is 0 Å². The summed E-state index contributed by atoms with van der Waals surface area (Å²) in [5, 5.41) is 3.09. The molecule has 0 aliphatic heterocycles. The smallest absolute Gasteiger partial charge is 0.149 e. The summed E-state index contributed by atoms with van der Waals surface area (Å²) in [4.78, 5) is 4.27. The predicted molar refractivity (Wildman–Crippen MR) is 69.6 cm³/mol. The highest BCUT2D eigenvalue weighted by atomic mass is 79.9. The number of rotatable bonds is 4. The Morgan fingerprint density at radius 2 is 2.29 bits per heavy atom. The molecule has 1 aromatic rings. The minimum atomic E-state index is 0.369. The van der Waals surface area contributed by atoms with Crippen molar-refractivity contribution in [2.45, 2.75) is 25.1 Å². The van der Waals surface area contributed by atoms with Crippen molar-refractivity contribution in [2.75, 3.05) is 11.1 Å². The Morgan fingerprint density at radius 1 is 1.57 bits per heavy atom. The first-order valence-electron chi connectivity index (χ1n) is 4.62.